The number of carbonyl (C=O) groups excluding carboxylic acids is 2. The lowest BCUT2D eigenvalue weighted by Crippen LogP contribution is -2.33. The highest BCUT2D eigenvalue weighted by atomic mass is 16.5. The molecule has 1 N–H and O–H groups in total. The molecule has 5 heteroatoms. The fourth-order valence-electron chi connectivity index (χ4n) is 4.29. The topological polar surface area (TPSA) is 58.6 Å². The van der Waals surface area contributed by atoms with E-state index >= 15 is 0 Å². The van der Waals surface area contributed by atoms with Gasteiger partial charge in [-0.25, -0.2) is 0 Å². The highest BCUT2D eigenvalue weighted by Crippen LogP contribution is 2.36. The van der Waals surface area contributed by atoms with Crippen molar-refractivity contribution in [1.29, 1.82) is 0 Å². The van der Waals surface area contributed by atoms with Crippen molar-refractivity contribution >= 4 is 11.8 Å². The van der Waals surface area contributed by atoms with E-state index < -0.39 is 0 Å². The zero-order valence-corrected chi connectivity index (χ0v) is 15.7. The molecule has 2 aromatic rings. The van der Waals surface area contributed by atoms with Crippen molar-refractivity contribution in [3.05, 3.63) is 64.7 Å². The third kappa shape index (κ3) is 3.18. The van der Waals surface area contributed by atoms with Gasteiger partial charge in [-0.2, -0.15) is 0 Å². The Hall–Kier alpha value is -2.82. The summed E-state index contributed by atoms with van der Waals surface area (Å²) in [5.41, 5.74) is 3.83. The second-order valence-corrected chi connectivity index (χ2v) is 7.29. The van der Waals surface area contributed by atoms with Crippen LogP contribution in [-0.4, -0.2) is 30.4 Å². The van der Waals surface area contributed by atoms with Crippen molar-refractivity contribution in [3.63, 3.8) is 0 Å². The van der Waals surface area contributed by atoms with Gasteiger partial charge in [-0.15, -0.1) is 0 Å². The Kier molecular flexibility index (Phi) is 4.60. The van der Waals surface area contributed by atoms with Gasteiger partial charge in [0, 0.05) is 12.1 Å². The first kappa shape index (κ1) is 17.6. The van der Waals surface area contributed by atoms with Crippen LogP contribution in [-0.2, 0) is 4.79 Å². The molecular weight excluding hydrogens is 340 g/mol. The summed E-state index contributed by atoms with van der Waals surface area (Å²) < 4.78 is 5.35. The Morgan fingerprint density at radius 2 is 2.07 bits per heavy atom. The quantitative estimate of drug-likeness (QED) is 0.903. The summed E-state index contributed by atoms with van der Waals surface area (Å²) in [5, 5.41) is 2.95. The van der Waals surface area contributed by atoms with Crippen molar-refractivity contribution in [2.75, 3.05) is 13.7 Å². The third-order valence-corrected chi connectivity index (χ3v) is 5.64. The van der Waals surface area contributed by atoms with E-state index in [0.29, 0.717) is 12.0 Å². The van der Waals surface area contributed by atoms with E-state index in [1.807, 2.05) is 42.2 Å². The molecule has 5 nitrogen and oxygen atoms in total. The highest BCUT2D eigenvalue weighted by Gasteiger charge is 2.35. The number of hydrogen-bond acceptors (Lipinski definition) is 3. The fourth-order valence-corrected chi connectivity index (χ4v) is 4.29. The normalized spacial score (nSPS) is 21.1. The number of rotatable bonds is 4. The van der Waals surface area contributed by atoms with Gasteiger partial charge in [-0.1, -0.05) is 30.3 Å². The van der Waals surface area contributed by atoms with Crippen molar-refractivity contribution in [1.82, 2.24) is 10.2 Å². The minimum absolute atomic E-state index is 0.0906. The molecule has 0 aliphatic carbocycles. The number of likely N-dealkylation sites (tertiary alicyclic amines) is 1. The number of nitrogens with zero attached hydrogens (tertiary/aromatic N) is 1. The van der Waals surface area contributed by atoms with Crippen LogP contribution in [0.4, 0.5) is 0 Å². The maximum Gasteiger partial charge on any atom is 0.252 e. The maximum absolute atomic E-state index is 13.1. The van der Waals surface area contributed by atoms with Crippen LogP contribution in [0.1, 0.15) is 58.4 Å². The maximum atomic E-state index is 13.1. The first-order valence-electron chi connectivity index (χ1n) is 9.42. The van der Waals surface area contributed by atoms with Gasteiger partial charge in [-0.05, 0) is 48.6 Å². The Morgan fingerprint density at radius 1 is 1.26 bits per heavy atom. The number of aryl methyl sites for hydroxylation is 1. The molecule has 2 aliphatic rings. The molecule has 0 radical (unpaired) electrons. The Bertz CT molecular complexity index is 893. The lowest BCUT2D eigenvalue weighted by molar-refractivity contribution is -0.132. The van der Waals surface area contributed by atoms with Gasteiger partial charge in [0.1, 0.15) is 5.75 Å². The molecule has 140 valence electrons. The number of methoxy groups -OCH3 is 1. The van der Waals surface area contributed by atoms with E-state index in [1.165, 1.54) is 0 Å². The number of amides is 2. The molecule has 0 spiro atoms. The number of ether oxygens (including phenoxy) is 1. The van der Waals surface area contributed by atoms with Crippen molar-refractivity contribution in [2.24, 2.45) is 0 Å². The number of fused-ring (bicyclic) bond motifs is 1. The number of hydrogen-bond donors (Lipinski definition) is 1. The molecule has 0 saturated carbocycles. The number of nitrogens with one attached hydrogen (secondary N) is 1. The van der Waals surface area contributed by atoms with Crippen LogP contribution in [0, 0.1) is 6.92 Å². The summed E-state index contributed by atoms with van der Waals surface area (Å²) >= 11 is 0. The second kappa shape index (κ2) is 7.06. The van der Waals surface area contributed by atoms with Crippen LogP contribution in [0.3, 0.4) is 0 Å². The SMILES string of the molecule is COc1ccc(C2CCCN2C(=O)CC2NC(=O)c3ccccc32)cc1C. The van der Waals surface area contributed by atoms with Crippen LogP contribution >= 0.6 is 0 Å². The molecule has 27 heavy (non-hydrogen) atoms. The van der Waals surface area contributed by atoms with E-state index in [-0.39, 0.29) is 23.9 Å². The largest absolute Gasteiger partial charge is 0.496 e. The average molecular weight is 364 g/mol. The van der Waals surface area contributed by atoms with E-state index in [2.05, 4.69) is 17.4 Å². The van der Waals surface area contributed by atoms with Gasteiger partial charge >= 0.3 is 0 Å². The lowest BCUT2D eigenvalue weighted by atomic mass is 10.00. The molecule has 1 saturated heterocycles. The highest BCUT2D eigenvalue weighted by molar-refractivity contribution is 5.99. The van der Waals surface area contributed by atoms with Crippen LogP contribution in [0.15, 0.2) is 42.5 Å². The fraction of sp³-hybridized carbons (Fsp3) is 0.364. The minimum Gasteiger partial charge on any atom is -0.496 e. The Morgan fingerprint density at radius 3 is 2.85 bits per heavy atom. The van der Waals surface area contributed by atoms with Crippen LogP contribution < -0.4 is 10.1 Å². The summed E-state index contributed by atoms with van der Waals surface area (Å²) in [5.74, 6) is 0.861. The van der Waals surface area contributed by atoms with Gasteiger partial charge in [0.15, 0.2) is 0 Å². The molecule has 2 unspecified atom stereocenters. The van der Waals surface area contributed by atoms with Gasteiger partial charge in [0.05, 0.1) is 25.6 Å². The molecule has 2 heterocycles. The van der Waals surface area contributed by atoms with Crippen molar-refractivity contribution in [2.45, 2.75) is 38.3 Å². The van der Waals surface area contributed by atoms with Crippen LogP contribution in [0.25, 0.3) is 0 Å². The third-order valence-electron chi connectivity index (χ3n) is 5.64. The lowest BCUT2D eigenvalue weighted by Gasteiger charge is -2.27. The average Bonchev–Trinajstić information content (AvgIpc) is 3.28. The molecular formula is C22H24N2O3. The van der Waals surface area contributed by atoms with Crippen LogP contribution in [0.2, 0.25) is 0 Å². The number of benzene rings is 2. The molecule has 0 aromatic heterocycles. The van der Waals surface area contributed by atoms with Crippen molar-refractivity contribution in [3.8, 4) is 5.75 Å². The van der Waals surface area contributed by atoms with Gasteiger partial charge < -0.3 is 15.0 Å². The molecule has 4 rings (SSSR count). The molecule has 0 bridgehead atoms. The summed E-state index contributed by atoms with van der Waals surface area (Å²) in [7, 11) is 1.67. The Labute approximate surface area is 159 Å². The monoisotopic (exact) mass is 364 g/mol. The molecule has 2 amide bonds. The molecule has 2 aliphatic heterocycles. The van der Waals surface area contributed by atoms with Crippen LogP contribution in [0.5, 0.6) is 5.75 Å². The van der Waals surface area contributed by atoms with E-state index in [4.69, 9.17) is 4.74 Å². The summed E-state index contributed by atoms with van der Waals surface area (Å²) in [6, 6.07) is 13.5. The van der Waals surface area contributed by atoms with E-state index in [1.54, 1.807) is 7.11 Å². The predicted octanol–water partition coefficient (Wildman–Crippen LogP) is 3.54. The number of carbonyl (C=O) groups is 2. The zero-order valence-electron chi connectivity index (χ0n) is 15.7. The van der Waals surface area contributed by atoms with Gasteiger partial charge in [0.25, 0.3) is 5.91 Å². The Balaban J connectivity index is 1.52. The zero-order chi connectivity index (χ0) is 19.0. The summed E-state index contributed by atoms with van der Waals surface area (Å²) in [4.78, 5) is 27.1. The summed E-state index contributed by atoms with van der Waals surface area (Å²) in [6.45, 7) is 2.78. The smallest absolute Gasteiger partial charge is 0.252 e. The van der Waals surface area contributed by atoms with E-state index in [0.717, 1.165) is 41.8 Å². The standard InChI is InChI=1S/C22H24N2O3/c1-14-12-15(9-10-20(14)27-2)19-8-5-11-24(19)21(25)13-18-16-6-3-4-7-17(16)22(26)23-18/h3-4,6-7,9-10,12,18-19H,5,8,11,13H2,1-2H3,(H,23,26). The first-order chi connectivity index (χ1) is 13.1. The predicted molar refractivity (Wildman–Crippen MR) is 103 cm³/mol. The summed E-state index contributed by atoms with van der Waals surface area (Å²) in [6.07, 6.45) is 2.26. The van der Waals surface area contributed by atoms with Gasteiger partial charge in [-0.3, -0.25) is 9.59 Å². The van der Waals surface area contributed by atoms with Crippen molar-refractivity contribution < 1.29 is 14.3 Å². The minimum atomic E-state index is -0.236. The second-order valence-electron chi connectivity index (χ2n) is 7.29. The van der Waals surface area contributed by atoms with Gasteiger partial charge in [0.2, 0.25) is 5.91 Å². The molecule has 1 fully saturated rings. The first-order valence-corrected chi connectivity index (χ1v) is 9.42. The molecule has 2 atom stereocenters. The van der Waals surface area contributed by atoms with E-state index in [9.17, 15) is 9.59 Å². The molecule has 2 aromatic carbocycles.